The Hall–Kier alpha value is -1.75. The molecule has 1 saturated heterocycles. The molecular weight excluding hydrogens is 256 g/mol. The minimum Gasteiger partial charge on any atom is -0.450 e. The first-order valence-electron chi connectivity index (χ1n) is 7.09. The number of nitrogens with one attached hydrogen (secondary N) is 2. The van der Waals surface area contributed by atoms with Crippen LogP contribution in [0.15, 0.2) is 24.3 Å². The van der Waals surface area contributed by atoms with E-state index in [2.05, 4.69) is 17.6 Å². The molecule has 0 aliphatic carbocycles. The highest BCUT2D eigenvalue weighted by Crippen LogP contribution is 2.20. The third-order valence-corrected chi connectivity index (χ3v) is 3.26. The molecule has 1 aromatic rings. The van der Waals surface area contributed by atoms with E-state index in [1.54, 1.807) is 6.92 Å². The number of hydrogen-bond donors (Lipinski definition) is 2. The van der Waals surface area contributed by atoms with Gasteiger partial charge in [-0.2, -0.15) is 0 Å². The van der Waals surface area contributed by atoms with E-state index in [1.807, 2.05) is 24.3 Å². The van der Waals surface area contributed by atoms with E-state index in [-0.39, 0.29) is 0 Å². The Bertz CT molecular complexity index is 433. The van der Waals surface area contributed by atoms with Gasteiger partial charge in [-0.15, -0.1) is 0 Å². The summed E-state index contributed by atoms with van der Waals surface area (Å²) in [7, 11) is 0. The molecule has 1 aromatic carbocycles. The van der Waals surface area contributed by atoms with Crippen LogP contribution in [0.25, 0.3) is 0 Å². The van der Waals surface area contributed by atoms with Gasteiger partial charge in [-0.25, -0.2) is 4.79 Å². The molecule has 20 heavy (non-hydrogen) atoms. The van der Waals surface area contributed by atoms with Crippen molar-refractivity contribution in [1.29, 1.82) is 0 Å². The molecule has 110 valence electrons. The highest BCUT2D eigenvalue weighted by atomic mass is 16.5. The van der Waals surface area contributed by atoms with Gasteiger partial charge in [0.15, 0.2) is 0 Å². The van der Waals surface area contributed by atoms with E-state index in [1.165, 1.54) is 0 Å². The molecule has 0 radical (unpaired) electrons. The molecule has 2 unspecified atom stereocenters. The fourth-order valence-corrected chi connectivity index (χ4v) is 2.30. The van der Waals surface area contributed by atoms with Gasteiger partial charge >= 0.3 is 6.09 Å². The zero-order chi connectivity index (χ0) is 14.4. The van der Waals surface area contributed by atoms with Crippen molar-refractivity contribution in [1.82, 2.24) is 0 Å². The first-order valence-corrected chi connectivity index (χ1v) is 7.09. The summed E-state index contributed by atoms with van der Waals surface area (Å²) in [4.78, 5) is 11.3. The summed E-state index contributed by atoms with van der Waals surface area (Å²) in [6.45, 7) is 5.05. The Balaban J connectivity index is 1.86. The lowest BCUT2D eigenvalue weighted by atomic mass is 10.0. The summed E-state index contributed by atoms with van der Waals surface area (Å²) in [5, 5.41) is 6.16. The van der Waals surface area contributed by atoms with Gasteiger partial charge in [-0.05, 0) is 51.0 Å². The largest absolute Gasteiger partial charge is 0.450 e. The molecule has 0 saturated carbocycles. The van der Waals surface area contributed by atoms with Crippen molar-refractivity contribution in [2.75, 3.05) is 23.8 Å². The average Bonchev–Trinajstić information content (AvgIpc) is 2.41. The van der Waals surface area contributed by atoms with Gasteiger partial charge in [-0.1, -0.05) is 0 Å². The Kier molecular flexibility index (Phi) is 5.24. The van der Waals surface area contributed by atoms with Crippen LogP contribution in [0.1, 0.15) is 26.7 Å². The molecule has 2 N–H and O–H groups in total. The number of ether oxygens (including phenoxy) is 2. The maximum atomic E-state index is 11.3. The zero-order valence-electron chi connectivity index (χ0n) is 12.0. The molecule has 0 bridgehead atoms. The normalized spacial score (nSPS) is 22.1. The van der Waals surface area contributed by atoms with E-state index in [0.29, 0.717) is 18.8 Å². The van der Waals surface area contributed by atoms with Gasteiger partial charge in [0.1, 0.15) is 0 Å². The van der Waals surface area contributed by atoms with Gasteiger partial charge in [-0.3, -0.25) is 5.32 Å². The van der Waals surface area contributed by atoms with Crippen molar-refractivity contribution in [2.24, 2.45) is 0 Å². The molecule has 1 amide bonds. The fraction of sp³-hybridized carbons (Fsp3) is 0.533. The Morgan fingerprint density at radius 3 is 2.70 bits per heavy atom. The van der Waals surface area contributed by atoms with Crippen molar-refractivity contribution in [3.05, 3.63) is 24.3 Å². The predicted octanol–water partition coefficient (Wildman–Crippen LogP) is 3.23. The topological polar surface area (TPSA) is 59.6 Å². The van der Waals surface area contributed by atoms with E-state index >= 15 is 0 Å². The molecule has 5 heteroatoms. The number of benzene rings is 1. The van der Waals surface area contributed by atoms with Crippen LogP contribution < -0.4 is 10.6 Å². The number of anilines is 2. The van der Waals surface area contributed by atoms with E-state index in [4.69, 9.17) is 9.47 Å². The molecule has 5 nitrogen and oxygen atoms in total. The van der Waals surface area contributed by atoms with E-state index in [9.17, 15) is 4.79 Å². The number of carbonyl (C=O) groups excluding carboxylic acids is 1. The Morgan fingerprint density at radius 2 is 2.05 bits per heavy atom. The number of hydrogen-bond acceptors (Lipinski definition) is 4. The molecule has 1 aliphatic heterocycles. The molecule has 1 heterocycles. The maximum Gasteiger partial charge on any atom is 0.411 e. The third kappa shape index (κ3) is 4.42. The summed E-state index contributed by atoms with van der Waals surface area (Å²) in [5.41, 5.74) is 1.79. The molecule has 2 atom stereocenters. The van der Waals surface area contributed by atoms with Crippen LogP contribution in [0, 0.1) is 0 Å². The maximum absolute atomic E-state index is 11.3. The van der Waals surface area contributed by atoms with Gasteiger partial charge in [0.05, 0.1) is 12.7 Å². The molecule has 1 fully saturated rings. The predicted molar refractivity (Wildman–Crippen MR) is 79.1 cm³/mol. The summed E-state index contributed by atoms with van der Waals surface area (Å²) in [6.07, 6.45) is 1.92. The van der Waals surface area contributed by atoms with Crippen LogP contribution in [-0.2, 0) is 9.47 Å². The van der Waals surface area contributed by atoms with Crippen LogP contribution in [0.2, 0.25) is 0 Å². The monoisotopic (exact) mass is 278 g/mol. The van der Waals surface area contributed by atoms with Crippen LogP contribution in [0.5, 0.6) is 0 Å². The highest BCUT2D eigenvalue weighted by Gasteiger charge is 2.18. The molecule has 2 rings (SSSR count). The SMILES string of the molecule is CCOC(=O)Nc1ccc(NC2CCOC(C)C2)cc1. The van der Waals surface area contributed by atoms with Crippen molar-refractivity contribution in [3.63, 3.8) is 0 Å². The lowest BCUT2D eigenvalue weighted by Crippen LogP contribution is -2.32. The van der Waals surface area contributed by atoms with Crippen molar-refractivity contribution < 1.29 is 14.3 Å². The molecule has 0 spiro atoms. The first kappa shape index (κ1) is 14.7. The summed E-state index contributed by atoms with van der Waals surface area (Å²) in [5.74, 6) is 0. The van der Waals surface area contributed by atoms with Crippen LogP contribution in [0.4, 0.5) is 16.2 Å². The second-order valence-corrected chi connectivity index (χ2v) is 4.97. The van der Waals surface area contributed by atoms with E-state index < -0.39 is 6.09 Å². The minimum atomic E-state index is -0.425. The summed E-state index contributed by atoms with van der Waals surface area (Å²) >= 11 is 0. The summed E-state index contributed by atoms with van der Waals surface area (Å²) in [6, 6.07) is 8.09. The second-order valence-electron chi connectivity index (χ2n) is 4.97. The van der Waals surface area contributed by atoms with Crippen LogP contribution in [0.3, 0.4) is 0 Å². The van der Waals surface area contributed by atoms with Crippen LogP contribution in [-0.4, -0.2) is 31.5 Å². The highest BCUT2D eigenvalue weighted by molar-refractivity contribution is 5.84. The Labute approximate surface area is 119 Å². The molecule has 0 aromatic heterocycles. The minimum absolute atomic E-state index is 0.311. The first-order chi connectivity index (χ1) is 9.67. The fourth-order valence-electron chi connectivity index (χ4n) is 2.30. The summed E-state index contributed by atoms with van der Waals surface area (Å²) < 4.78 is 10.4. The second kappa shape index (κ2) is 7.14. The third-order valence-electron chi connectivity index (χ3n) is 3.26. The quantitative estimate of drug-likeness (QED) is 0.887. The van der Waals surface area contributed by atoms with Gasteiger partial charge in [0, 0.05) is 24.0 Å². The van der Waals surface area contributed by atoms with Crippen LogP contribution >= 0.6 is 0 Å². The number of rotatable bonds is 4. The number of carbonyl (C=O) groups is 1. The Morgan fingerprint density at radius 1 is 1.35 bits per heavy atom. The van der Waals surface area contributed by atoms with Crippen molar-refractivity contribution in [2.45, 2.75) is 38.8 Å². The molecule has 1 aliphatic rings. The lowest BCUT2D eigenvalue weighted by molar-refractivity contribution is 0.0232. The van der Waals surface area contributed by atoms with E-state index in [0.717, 1.165) is 30.8 Å². The van der Waals surface area contributed by atoms with Crippen molar-refractivity contribution >= 4 is 17.5 Å². The average molecular weight is 278 g/mol. The van der Waals surface area contributed by atoms with Crippen molar-refractivity contribution in [3.8, 4) is 0 Å². The molecular formula is C15H22N2O3. The number of amides is 1. The smallest absolute Gasteiger partial charge is 0.411 e. The van der Waals surface area contributed by atoms with Gasteiger partial charge in [0.25, 0.3) is 0 Å². The lowest BCUT2D eigenvalue weighted by Gasteiger charge is -2.28. The standard InChI is InChI=1S/C15H22N2O3/c1-3-19-15(18)17-13-6-4-12(5-7-13)16-14-8-9-20-11(2)10-14/h4-7,11,14,16H,3,8-10H2,1-2H3,(H,17,18). The van der Waals surface area contributed by atoms with Gasteiger partial charge < -0.3 is 14.8 Å². The van der Waals surface area contributed by atoms with Gasteiger partial charge in [0.2, 0.25) is 0 Å². The zero-order valence-corrected chi connectivity index (χ0v) is 12.0.